The van der Waals surface area contributed by atoms with Crippen LogP contribution in [0.2, 0.25) is 0 Å². The standard InChI is InChI=1S/C7H9N3.C3H8.C2H6/c1-2-6-7(9-3-1)10-5-4-8-6;1-3-2;1-2/h1-3,8H,4-5H2,(H,9,10);3H2,1-2H3;1-2H3. The second kappa shape index (κ2) is 9.31. The zero-order chi connectivity index (χ0) is 11.5. The highest BCUT2D eigenvalue weighted by Crippen LogP contribution is 2.19. The Morgan fingerprint density at radius 3 is 2.40 bits per heavy atom. The van der Waals surface area contributed by atoms with Gasteiger partial charge in [0.2, 0.25) is 0 Å². The van der Waals surface area contributed by atoms with E-state index in [2.05, 4.69) is 29.5 Å². The minimum atomic E-state index is 0.962. The van der Waals surface area contributed by atoms with Crippen LogP contribution in [0.3, 0.4) is 0 Å². The summed E-state index contributed by atoms with van der Waals surface area (Å²) >= 11 is 0. The predicted octanol–water partition coefficient (Wildman–Crippen LogP) is 3.36. The molecule has 1 aliphatic heterocycles. The molecule has 2 rings (SSSR count). The van der Waals surface area contributed by atoms with Gasteiger partial charge in [-0.3, -0.25) is 0 Å². The summed E-state index contributed by atoms with van der Waals surface area (Å²) in [4.78, 5) is 4.15. The van der Waals surface area contributed by atoms with E-state index in [9.17, 15) is 0 Å². The molecule has 3 heteroatoms. The topological polar surface area (TPSA) is 37.0 Å². The molecule has 0 aromatic carbocycles. The molecule has 0 fully saturated rings. The lowest BCUT2D eigenvalue weighted by Gasteiger charge is -2.17. The number of nitrogens with zero attached hydrogens (tertiary/aromatic N) is 1. The van der Waals surface area contributed by atoms with E-state index in [1.165, 1.54) is 6.42 Å². The van der Waals surface area contributed by atoms with Gasteiger partial charge in [-0.15, -0.1) is 0 Å². The highest BCUT2D eigenvalue weighted by Gasteiger charge is 2.05. The van der Waals surface area contributed by atoms with Gasteiger partial charge in [0.15, 0.2) is 0 Å². The molecule has 0 bridgehead atoms. The normalized spacial score (nSPS) is 11.5. The van der Waals surface area contributed by atoms with Crippen molar-refractivity contribution in [3.8, 4) is 0 Å². The summed E-state index contributed by atoms with van der Waals surface area (Å²) in [5.41, 5.74) is 1.11. The third-order valence-corrected chi connectivity index (χ3v) is 1.54. The van der Waals surface area contributed by atoms with E-state index < -0.39 is 0 Å². The average molecular weight is 209 g/mol. The van der Waals surface area contributed by atoms with Gasteiger partial charge in [0.05, 0.1) is 5.69 Å². The van der Waals surface area contributed by atoms with Gasteiger partial charge in [-0.25, -0.2) is 4.98 Å². The molecule has 0 spiro atoms. The lowest BCUT2D eigenvalue weighted by atomic mass is 10.3. The zero-order valence-corrected chi connectivity index (χ0v) is 10.3. The molecule has 2 heterocycles. The van der Waals surface area contributed by atoms with E-state index in [0.717, 1.165) is 24.6 Å². The van der Waals surface area contributed by atoms with Crippen molar-refractivity contribution in [2.75, 3.05) is 23.7 Å². The molecule has 0 atom stereocenters. The smallest absolute Gasteiger partial charge is 0.149 e. The first kappa shape index (κ1) is 13.8. The fourth-order valence-electron chi connectivity index (χ4n) is 1.07. The van der Waals surface area contributed by atoms with Crippen molar-refractivity contribution in [1.82, 2.24) is 4.98 Å². The van der Waals surface area contributed by atoms with Gasteiger partial charge < -0.3 is 10.6 Å². The van der Waals surface area contributed by atoms with Crippen molar-refractivity contribution < 1.29 is 0 Å². The Kier molecular flexibility index (Phi) is 8.53. The Labute approximate surface area is 93.3 Å². The fourth-order valence-corrected chi connectivity index (χ4v) is 1.07. The van der Waals surface area contributed by atoms with Crippen molar-refractivity contribution in [1.29, 1.82) is 0 Å². The van der Waals surface area contributed by atoms with Crippen molar-refractivity contribution in [3.63, 3.8) is 0 Å². The molecule has 1 aromatic rings. The second-order valence-corrected chi connectivity index (χ2v) is 2.96. The fraction of sp³-hybridized carbons (Fsp3) is 0.583. The third kappa shape index (κ3) is 5.25. The molecule has 3 nitrogen and oxygen atoms in total. The lowest BCUT2D eigenvalue weighted by molar-refractivity contribution is 1.02. The lowest BCUT2D eigenvalue weighted by Crippen LogP contribution is -2.21. The number of hydrogen-bond donors (Lipinski definition) is 2. The highest BCUT2D eigenvalue weighted by atomic mass is 15.1. The number of fused-ring (bicyclic) bond motifs is 1. The molecule has 0 saturated heterocycles. The molecule has 2 N–H and O–H groups in total. The minimum absolute atomic E-state index is 0.962. The van der Waals surface area contributed by atoms with E-state index in [0.29, 0.717) is 0 Å². The summed E-state index contributed by atoms with van der Waals surface area (Å²) in [6.07, 6.45) is 3.04. The van der Waals surface area contributed by atoms with Gasteiger partial charge in [-0.2, -0.15) is 0 Å². The van der Waals surface area contributed by atoms with Crippen LogP contribution in [0.5, 0.6) is 0 Å². The van der Waals surface area contributed by atoms with Gasteiger partial charge >= 0.3 is 0 Å². The van der Waals surface area contributed by atoms with Gasteiger partial charge in [0, 0.05) is 19.3 Å². The Morgan fingerprint density at radius 2 is 1.80 bits per heavy atom. The Balaban J connectivity index is 0.000000342. The van der Waals surface area contributed by atoms with E-state index in [-0.39, 0.29) is 0 Å². The first-order valence-electron chi connectivity index (χ1n) is 5.81. The molecule has 15 heavy (non-hydrogen) atoms. The van der Waals surface area contributed by atoms with Gasteiger partial charge in [0.25, 0.3) is 0 Å². The van der Waals surface area contributed by atoms with Crippen molar-refractivity contribution in [2.24, 2.45) is 0 Å². The van der Waals surface area contributed by atoms with Crippen molar-refractivity contribution >= 4 is 11.5 Å². The van der Waals surface area contributed by atoms with Crippen LogP contribution in [0.25, 0.3) is 0 Å². The van der Waals surface area contributed by atoms with E-state index >= 15 is 0 Å². The maximum atomic E-state index is 4.15. The first-order chi connectivity index (χ1) is 7.38. The van der Waals surface area contributed by atoms with E-state index in [1.807, 2.05) is 26.0 Å². The van der Waals surface area contributed by atoms with Crippen LogP contribution in [-0.2, 0) is 0 Å². The molecule has 1 aromatic heterocycles. The maximum Gasteiger partial charge on any atom is 0.149 e. The van der Waals surface area contributed by atoms with Crippen LogP contribution in [0.1, 0.15) is 34.1 Å². The molecule has 1 aliphatic rings. The number of nitrogens with one attached hydrogen (secondary N) is 2. The predicted molar refractivity (Wildman–Crippen MR) is 68.5 cm³/mol. The summed E-state index contributed by atoms with van der Waals surface area (Å²) in [5, 5.41) is 6.43. The molecule has 0 amide bonds. The van der Waals surface area contributed by atoms with Crippen molar-refractivity contribution in [2.45, 2.75) is 34.1 Å². The number of anilines is 2. The van der Waals surface area contributed by atoms with Crippen LogP contribution in [0, 0.1) is 0 Å². The molecular formula is C12H23N3. The van der Waals surface area contributed by atoms with Gasteiger partial charge in [-0.05, 0) is 12.1 Å². The molecule has 0 radical (unpaired) electrons. The van der Waals surface area contributed by atoms with E-state index in [4.69, 9.17) is 0 Å². The monoisotopic (exact) mass is 209 g/mol. The molecule has 0 unspecified atom stereocenters. The minimum Gasteiger partial charge on any atom is -0.380 e. The zero-order valence-electron chi connectivity index (χ0n) is 10.3. The van der Waals surface area contributed by atoms with Crippen LogP contribution in [0.15, 0.2) is 18.3 Å². The molecular weight excluding hydrogens is 186 g/mol. The Bertz CT molecular complexity index is 223. The number of rotatable bonds is 0. The van der Waals surface area contributed by atoms with E-state index in [1.54, 1.807) is 6.20 Å². The molecule has 86 valence electrons. The van der Waals surface area contributed by atoms with Crippen LogP contribution in [-0.4, -0.2) is 18.1 Å². The van der Waals surface area contributed by atoms with Crippen LogP contribution in [0.4, 0.5) is 11.5 Å². The second-order valence-electron chi connectivity index (χ2n) is 2.96. The first-order valence-corrected chi connectivity index (χ1v) is 5.81. The van der Waals surface area contributed by atoms with Gasteiger partial charge in [-0.1, -0.05) is 34.1 Å². The summed E-state index contributed by atoms with van der Waals surface area (Å²) in [6, 6.07) is 3.95. The maximum absolute atomic E-state index is 4.15. The SMILES string of the molecule is CC.CCC.c1cnc2c(c1)NCCN2. The molecule has 0 saturated carbocycles. The largest absolute Gasteiger partial charge is 0.380 e. The number of hydrogen-bond acceptors (Lipinski definition) is 3. The van der Waals surface area contributed by atoms with Crippen LogP contribution >= 0.6 is 0 Å². The third-order valence-electron chi connectivity index (χ3n) is 1.54. The summed E-state index contributed by atoms with van der Waals surface area (Å²) < 4.78 is 0. The number of aromatic nitrogens is 1. The summed E-state index contributed by atoms with van der Waals surface area (Å²) in [5.74, 6) is 0.966. The summed E-state index contributed by atoms with van der Waals surface area (Å²) in [6.45, 7) is 10.2. The van der Waals surface area contributed by atoms with Gasteiger partial charge in [0.1, 0.15) is 5.82 Å². The Morgan fingerprint density at radius 1 is 1.20 bits per heavy atom. The highest BCUT2D eigenvalue weighted by molar-refractivity contribution is 5.65. The number of pyridine rings is 1. The Hall–Kier alpha value is -1.25. The quantitative estimate of drug-likeness (QED) is 0.688. The molecule has 0 aliphatic carbocycles. The van der Waals surface area contributed by atoms with Crippen molar-refractivity contribution in [3.05, 3.63) is 18.3 Å². The van der Waals surface area contributed by atoms with Crippen LogP contribution < -0.4 is 10.6 Å². The summed E-state index contributed by atoms with van der Waals surface area (Å²) in [7, 11) is 0. The average Bonchev–Trinajstić information content (AvgIpc) is 2.33.